The van der Waals surface area contributed by atoms with Gasteiger partial charge in [0.2, 0.25) is 0 Å². The molecule has 1 heterocycles. The molecule has 100 valence electrons. The number of aromatic carboxylic acids is 1. The van der Waals surface area contributed by atoms with Gasteiger partial charge in [0.15, 0.2) is 5.82 Å². The lowest BCUT2D eigenvalue weighted by atomic mass is 10.1. The van der Waals surface area contributed by atoms with Crippen LogP contribution in [0.25, 0.3) is 0 Å². The zero-order chi connectivity index (χ0) is 13.8. The molecule has 2 aromatic rings. The van der Waals surface area contributed by atoms with Crippen molar-refractivity contribution >= 4 is 17.3 Å². The van der Waals surface area contributed by atoms with Gasteiger partial charge in [-0.2, -0.15) is 0 Å². The minimum atomic E-state index is -0.986. The highest BCUT2D eigenvalue weighted by molar-refractivity contribution is 5.90. The Bertz CT molecular complexity index is 594. The third-order valence-corrected chi connectivity index (χ3v) is 2.77. The molecule has 0 saturated carbocycles. The molecule has 4 N–H and O–H groups in total. The van der Waals surface area contributed by atoms with Crippen LogP contribution >= 0.6 is 0 Å². The first-order chi connectivity index (χ1) is 9.11. The lowest BCUT2D eigenvalue weighted by Gasteiger charge is -2.10. The van der Waals surface area contributed by atoms with Gasteiger partial charge >= 0.3 is 5.97 Å². The summed E-state index contributed by atoms with van der Waals surface area (Å²) in [6.45, 7) is 3.20. The van der Waals surface area contributed by atoms with Crippen LogP contribution in [0.2, 0.25) is 0 Å². The number of aryl methyl sites for hydroxylation is 1. The SMILES string of the molecule is CCn1cnnc1CNc1cc(C(=O)O)ccc1N. The fraction of sp³-hybridized carbons (Fsp3) is 0.250. The van der Waals surface area contributed by atoms with Gasteiger partial charge in [-0.3, -0.25) is 0 Å². The second-order valence-corrected chi connectivity index (χ2v) is 3.99. The number of carbonyl (C=O) groups is 1. The van der Waals surface area contributed by atoms with Crippen LogP contribution in [0.1, 0.15) is 23.1 Å². The van der Waals surface area contributed by atoms with Gasteiger partial charge in [0.25, 0.3) is 0 Å². The molecule has 0 aliphatic rings. The van der Waals surface area contributed by atoms with Crippen molar-refractivity contribution in [2.45, 2.75) is 20.0 Å². The number of aromatic nitrogens is 3. The molecule has 0 saturated heterocycles. The van der Waals surface area contributed by atoms with Gasteiger partial charge < -0.3 is 20.7 Å². The molecule has 0 aliphatic carbocycles. The number of hydrogen-bond acceptors (Lipinski definition) is 5. The van der Waals surface area contributed by atoms with Crippen LogP contribution in [0.3, 0.4) is 0 Å². The summed E-state index contributed by atoms with van der Waals surface area (Å²) in [5, 5.41) is 19.8. The molecule has 0 radical (unpaired) electrons. The zero-order valence-corrected chi connectivity index (χ0v) is 10.5. The van der Waals surface area contributed by atoms with Crippen molar-refractivity contribution < 1.29 is 9.90 Å². The summed E-state index contributed by atoms with van der Waals surface area (Å²) < 4.78 is 1.89. The molecule has 0 bridgehead atoms. The molecule has 1 aromatic carbocycles. The molecule has 0 amide bonds. The van der Waals surface area contributed by atoms with Crippen molar-refractivity contribution in [1.82, 2.24) is 14.8 Å². The number of carboxylic acid groups (broad SMARTS) is 1. The zero-order valence-electron chi connectivity index (χ0n) is 10.5. The molecule has 2 rings (SSSR count). The highest BCUT2D eigenvalue weighted by Crippen LogP contribution is 2.20. The maximum absolute atomic E-state index is 10.9. The predicted octanol–water partition coefficient (Wildman–Crippen LogP) is 1.19. The molecule has 0 aliphatic heterocycles. The first kappa shape index (κ1) is 12.9. The fourth-order valence-corrected chi connectivity index (χ4v) is 1.70. The third-order valence-electron chi connectivity index (χ3n) is 2.77. The Hall–Kier alpha value is -2.57. The van der Waals surface area contributed by atoms with Crippen molar-refractivity contribution in [2.75, 3.05) is 11.1 Å². The second-order valence-electron chi connectivity index (χ2n) is 3.99. The van der Waals surface area contributed by atoms with Gasteiger partial charge in [0.05, 0.1) is 23.5 Å². The standard InChI is InChI=1S/C12H15N5O2/c1-2-17-7-15-16-11(17)6-14-10-5-8(12(18)19)3-4-9(10)13/h3-5,7,14H,2,6,13H2,1H3,(H,18,19). The number of nitrogens with two attached hydrogens (primary N) is 1. The number of hydrogen-bond donors (Lipinski definition) is 3. The molecular formula is C12H15N5O2. The average molecular weight is 261 g/mol. The second kappa shape index (κ2) is 5.38. The van der Waals surface area contributed by atoms with Crippen LogP contribution in [-0.4, -0.2) is 25.8 Å². The van der Waals surface area contributed by atoms with Gasteiger partial charge in [-0.25, -0.2) is 4.79 Å². The molecule has 0 atom stereocenters. The predicted molar refractivity (Wildman–Crippen MR) is 70.8 cm³/mol. The number of anilines is 2. The molecule has 0 unspecified atom stereocenters. The third kappa shape index (κ3) is 2.82. The average Bonchev–Trinajstić information content (AvgIpc) is 2.85. The number of carboxylic acids is 1. The molecule has 0 fully saturated rings. The van der Waals surface area contributed by atoms with E-state index < -0.39 is 5.97 Å². The van der Waals surface area contributed by atoms with Crippen molar-refractivity contribution in [3.8, 4) is 0 Å². The summed E-state index contributed by atoms with van der Waals surface area (Å²) in [6.07, 6.45) is 1.65. The first-order valence-corrected chi connectivity index (χ1v) is 5.85. The van der Waals surface area contributed by atoms with E-state index in [1.807, 2.05) is 11.5 Å². The molecule has 7 nitrogen and oxygen atoms in total. The van der Waals surface area contributed by atoms with E-state index in [0.717, 1.165) is 12.4 Å². The highest BCUT2D eigenvalue weighted by atomic mass is 16.4. The minimum Gasteiger partial charge on any atom is -0.478 e. The van der Waals surface area contributed by atoms with Crippen LogP contribution in [0, 0.1) is 0 Å². The largest absolute Gasteiger partial charge is 0.478 e. The van der Waals surface area contributed by atoms with Gasteiger partial charge in [-0.1, -0.05) is 0 Å². The van der Waals surface area contributed by atoms with E-state index >= 15 is 0 Å². The highest BCUT2D eigenvalue weighted by Gasteiger charge is 2.08. The molecular weight excluding hydrogens is 246 g/mol. The van der Waals surface area contributed by atoms with Crippen LogP contribution in [0.15, 0.2) is 24.5 Å². The molecule has 1 aromatic heterocycles. The number of benzene rings is 1. The van der Waals surface area contributed by atoms with Gasteiger partial charge in [0.1, 0.15) is 6.33 Å². The maximum atomic E-state index is 10.9. The Kier molecular flexibility index (Phi) is 3.65. The van der Waals surface area contributed by atoms with Crippen LogP contribution in [-0.2, 0) is 13.1 Å². The smallest absolute Gasteiger partial charge is 0.335 e. The van der Waals surface area contributed by atoms with Crippen molar-refractivity contribution in [1.29, 1.82) is 0 Å². The van der Waals surface area contributed by atoms with E-state index in [9.17, 15) is 4.79 Å². The van der Waals surface area contributed by atoms with E-state index in [1.165, 1.54) is 12.1 Å². The Morgan fingerprint density at radius 2 is 2.32 bits per heavy atom. The lowest BCUT2D eigenvalue weighted by molar-refractivity contribution is 0.0697. The Morgan fingerprint density at radius 3 is 3.00 bits per heavy atom. The van der Waals surface area contributed by atoms with Gasteiger partial charge in [0, 0.05) is 6.54 Å². The van der Waals surface area contributed by atoms with Crippen LogP contribution in [0.4, 0.5) is 11.4 Å². The molecule has 0 spiro atoms. The Labute approximate surface area is 110 Å². The molecule has 19 heavy (non-hydrogen) atoms. The molecule has 7 heteroatoms. The normalized spacial score (nSPS) is 10.4. The van der Waals surface area contributed by atoms with Gasteiger partial charge in [-0.05, 0) is 25.1 Å². The van der Waals surface area contributed by atoms with E-state index in [2.05, 4.69) is 15.5 Å². The van der Waals surface area contributed by atoms with E-state index in [0.29, 0.717) is 17.9 Å². The minimum absolute atomic E-state index is 0.189. The summed E-state index contributed by atoms with van der Waals surface area (Å²) in [7, 11) is 0. The monoisotopic (exact) mass is 261 g/mol. The number of nitrogens with one attached hydrogen (secondary N) is 1. The van der Waals surface area contributed by atoms with Crippen molar-refractivity contribution in [2.24, 2.45) is 0 Å². The number of nitrogens with zero attached hydrogens (tertiary/aromatic N) is 3. The van der Waals surface area contributed by atoms with E-state index in [4.69, 9.17) is 10.8 Å². The summed E-state index contributed by atoms with van der Waals surface area (Å²) in [4.78, 5) is 10.9. The summed E-state index contributed by atoms with van der Waals surface area (Å²) in [5.41, 5.74) is 7.06. The lowest BCUT2D eigenvalue weighted by Crippen LogP contribution is -2.09. The maximum Gasteiger partial charge on any atom is 0.335 e. The van der Waals surface area contributed by atoms with Gasteiger partial charge in [-0.15, -0.1) is 10.2 Å². The number of rotatable bonds is 5. The Morgan fingerprint density at radius 1 is 1.53 bits per heavy atom. The van der Waals surface area contributed by atoms with E-state index in [1.54, 1.807) is 12.4 Å². The van der Waals surface area contributed by atoms with Crippen molar-refractivity contribution in [3.05, 3.63) is 35.9 Å². The quantitative estimate of drug-likeness (QED) is 0.698. The topological polar surface area (TPSA) is 106 Å². The van der Waals surface area contributed by atoms with Crippen molar-refractivity contribution in [3.63, 3.8) is 0 Å². The summed E-state index contributed by atoms with van der Waals surface area (Å²) in [5.74, 6) is -0.220. The fourth-order valence-electron chi connectivity index (χ4n) is 1.70. The summed E-state index contributed by atoms with van der Waals surface area (Å²) in [6, 6.07) is 4.54. The Balaban J connectivity index is 2.15. The van der Waals surface area contributed by atoms with Crippen LogP contribution in [0.5, 0.6) is 0 Å². The van der Waals surface area contributed by atoms with E-state index in [-0.39, 0.29) is 5.56 Å². The first-order valence-electron chi connectivity index (χ1n) is 5.85. The van der Waals surface area contributed by atoms with Crippen LogP contribution < -0.4 is 11.1 Å². The number of nitrogen functional groups attached to an aromatic ring is 1. The summed E-state index contributed by atoms with van der Waals surface area (Å²) >= 11 is 0.